The summed E-state index contributed by atoms with van der Waals surface area (Å²) < 4.78 is 26.1. The molecule has 1 saturated heterocycles. The monoisotopic (exact) mass is 269 g/mol. The maximum absolute atomic E-state index is 13.2. The van der Waals surface area contributed by atoms with E-state index in [0.717, 1.165) is 19.0 Å². The first-order valence-electron chi connectivity index (χ1n) is 6.41. The normalized spacial score (nSPS) is 22.2. The maximum Gasteiger partial charge on any atom is 0.307 e. The minimum atomic E-state index is -0.865. The van der Waals surface area contributed by atoms with E-state index in [0.29, 0.717) is 18.5 Å². The first-order chi connectivity index (χ1) is 8.99. The topological polar surface area (TPSA) is 40.5 Å². The number of carbonyl (C=O) groups is 1. The number of nitrogens with zero attached hydrogens (tertiary/aromatic N) is 1. The molecule has 2 rings (SSSR count). The van der Waals surface area contributed by atoms with Gasteiger partial charge >= 0.3 is 5.97 Å². The van der Waals surface area contributed by atoms with Crippen molar-refractivity contribution in [3.63, 3.8) is 0 Å². The van der Waals surface area contributed by atoms with E-state index in [9.17, 15) is 13.6 Å². The van der Waals surface area contributed by atoms with Crippen molar-refractivity contribution < 1.29 is 18.7 Å². The van der Waals surface area contributed by atoms with E-state index in [-0.39, 0.29) is 12.0 Å². The number of carboxylic acid groups (broad SMARTS) is 1. The van der Waals surface area contributed by atoms with Gasteiger partial charge in [0.05, 0.1) is 5.92 Å². The highest BCUT2D eigenvalue weighted by molar-refractivity contribution is 5.70. The summed E-state index contributed by atoms with van der Waals surface area (Å²) in [6.07, 6.45) is 1.49. The average molecular weight is 269 g/mol. The minimum absolute atomic E-state index is 0.114. The molecule has 0 spiro atoms. The third-order valence-electron chi connectivity index (χ3n) is 3.78. The van der Waals surface area contributed by atoms with Gasteiger partial charge in [-0.15, -0.1) is 0 Å². The number of piperidine rings is 1. The van der Waals surface area contributed by atoms with E-state index in [1.165, 1.54) is 6.07 Å². The number of halogens is 2. The van der Waals surface area contributed by atoms with Gasteiger partial charge in [-0.3, -0.25) is 9.69 Å². The van der Waals surface area contributed by atoms with E-state index >= 15 is 0 Å². The lowest BCUT2D eigenvalue weighted by Crippen LogP contribution is -2.40. The van der Waals surface area contributed by atoms with Crippen LogP contribution in [0.3, 0.4) is 0 Å². The Morgan fingerprint density at radius 3 is 2.79 bits per heavy atom. The largest absolute Gasteiger partial charge is 0.481 e. The van der Waals surface area contributed by atoms with Crippen molar-refractivity contribution >= 4 is 5.97 Å². The fourth-order valence-corrected chi connectivity index (χ4v) is 2.54. The van der Waals surface area contributed by atoms with E-state index in [1.54, 1.807) is 6.07 Å². The van der Waals surface area contributed by atoms with Crippen LogP contribution < -0.4 is 0 Å². The summed E-state index contributed by atoms with van der Waals surface area (Å²) in [5.41, 5.74) is 0.671. The Labute approximate surface area is 110 Å². The number of hydrogen-bond donors (Lipinski definition) is 1. The van der Waals surface area contributed by atoms with Crippen LogP contribution in [0.1, 0.15) is 31.4 Å². The summed E-state index contributed by atoms with van der Waals surface area (Å²) in [6, 6.07) is 3.73. The fourth-order valence-electron chi connectivity index (χ4n) is 2.54. The second-order valence-corrected chi connectivity index (χ2v) is 5.02. The molecule has 5 heteroatoms. The molecule has 0 saturated carbocycles. The maximum atomic E-state index is 13.2. The van der Waals surface area contributed by atoms with E-state index in [4.69, 9.17) is 5.11 Å². The molecule has 0 aromatic heterocycles. The van der Waals surface area contributed by atoms with Crippen LogP contribution in [0.15, 0.2) is 18.2 Å². The Balaban J connectivity index is 2.12. The highest BCUT2D eigenvalue weighted by Crippen LogP contribution is 2.27. The predicted molar refractivity (Wildman–Crippen MR) is 66.7 cm³/mol. The van der Waals surface area contributed by atoms with Crippen molar-refractivity contribution in [2.45, 2.75) is 25.8 Å². The van der Waals surface area contributed by atoms with Crippen LogP contribution in [-0.4, -0.2) is 29.1 Å². The number of likely N-dealkylation sites (tertiary alicyclic amines) is 1. The standard InChI is InChI=1S/C14H17F2NO2/c1-9(10-4-5-12(15)13(16)7-10)17-6-2-3-11(8-17)14(18)19/h4-5,7,9,11H,2-3,6,8H2,1H3,(H,18,19). The van der Waals surface area contributed by atoms with Gasteiger partial charge in [-0.1, -0.05) is 6.07 Å². The molecular formula is C14H17F2NO2. The van der Waals surface area contributed by atoms with Gasteiger partial charge < -0.3 is 5.11 Å². The molecule has 2 unspecified atom stereocenters. The zero-order valence-corrected chi connectivity index (χ0v) is 10.8. The molecule has 0 bridgehead atoms. The molecule has 1 N–H and O–H groups in total. The number of aliphatic carboxylic acids is 1. The number of hydrogen-bond acceptors (Lipinski definition) is 2. The lowest BCUT2D eigenvalue weighted by molar-refractivity contribution is -0.143. The molecule has 1 aromatic carbocycles. The van der Waals surface area contributed by atoms with Gasteiger partial charge in [0.1, 0.15) is 0 Å². The van der Waals surface area contributed by atoms with Crippen molar-refractivity contribution in [1.29, 1.82) is 0 Å². The summed E-state index contributed by atoms with van der Waals surface area (Å²) in [5.74, 6) is -2.89. The Hall–Kier alpha value is -1.49. The first-order valence-corrected chi connectivity index (χ1v) is 6.41. The molecule has 0 radical (unpaired) electrons. The van der Waals surface area contributed by atoms with Gasteiger partial charge in [0.25, 0.3) is 0 Å². The molecule has 0 aliphatic carbocycles. The van der Waals surface area contributed by atoms with Crippen molar-refractivity contribution in [3.05, 3.63) is 35.4 Å². The van der Waals surface area contributed by atoms with Gasteiger partial charge in [-0.2, -0.15) is 0 Å². The van der Waals surface area contributed by atoms with Gasteiger partial charge in [0, 0.05) is 12.6 Å². The van der Waals surface area contributed by atoms with Crippen LogP contribution in [0.5, 0.6) is 0 Å². The van der Waals surface area contributed by atoms with Gasteiger partial charge in [-0.25, -0.2) is 8.78 Å². The first kappa shape index (κ1) is 13.9. The molecule has 2 atom stereocenters. The summed E-state index contributed by atoms with van der Waals surface area (Å²) in [7, 11) is 0. The zero-order chi connectivity index (χ0) is 14.0. The number of benzene rings is 1. The average Bonchev–Trinajstić information content (AvgIpc) is 2.41. The number of rotatable bonds is 3. The molecule has 1 aliphatic heterocycles. The van der Waals surface area contributed by atoms with Crippen LogP contribution in [0, 0.1) is 17.6 Å². The molecule has 0 amide bonds. The van der Waals surface area contributed by atoms with Crippen LogP contribution in [0.25, 0.3) is 0 Å². The van der Waals surface area contributed by atoms with E-state index in [2.05, 4.69) is 0 Å². The van der Waals surface area contributed by atoms with Crippen LogP contribution >= 0.6 is 0 Å². The second-order valence-electron chi connectivity index (χ2n) is 5.02. The Kier molecular flexibility index (Phi) is 4.14. The lowest BCUT2D eigenvalue weighted by atomic mass is 9.95. The van der Waals surface area contributed by atoms with Crippen LogP contribution in [0.4, 0.5) is 8.78 Å². The zero-order valence-electron chi connectivity index (χ0n) is 10.8. The van der Waals surface area contributed by atoms with Gasteiger partial charge in [-0.05, 0) is 44.0 Å². The van der Waals surface area contributed by atoms with E-state index in [1.807, 2.05) is 11.8 Å². The molecule has 1 aromatic rings. The Bertz CT molecular complexity index is 479. The van der Waals surface area contributed by atoms with Crippen molar-refractivity contribution in [3.8, 4) is 0 Å². The molecule has 3 nitrogen and oxygen atoms in total. The van der Waals surface area contributed by atoms with E-state index < -0.39 is 17.6 Å². The Morgan fingerprint density at radius 2 is 2.16 bits per heavy atom. The minimum Gasteiger partial charge on any atom is -0.481 e. The highest BCUT2D eigenvalue weighted by atomic mass is 19.2. The fraction of sp³-hybridized carbons (Fsp3) is 0.500. The van der Waals surface area contributed by atoms with Crippen LogP contribution in [-0.2, 0) is 4.79 Å². The summed E-state index contributed by atoms with van der Waals surface area (Å²) in [5, 5.41) is 9.05. The molecule has 1 heterocycles. The van der Waals surface area contributed by atoms with Crippen LogP contribution in [0.2, 0.25) is 0 Å². The molecule has 104 valence electrons. The van der Waals surface area contributed by atoms with Gasteiger partial charge in [0.2, 0.25) is 0 Å². The molecule has 1 aliphatic rings. The van der Waals surface area contributed by atoms with Crippen molar-refractivity contribution in [2.75, 3.05) is 13.1 Å². The third kappa shape index (κ3) is 3.10. The molecule has 1 fully saturated rings. The quantitative estimate of drug-likeness (QED) is 0.917. The SMILES string of the molecule is CC(c1ccc(F)c(F)c1)N1CCCC(C(=O)O)C1. The third-order valence-corrected chi connectivity index (χ3v) is 3.78. The molecule has 19 heavy (non-hydrogen) atoms. The summed E-state index contributed by atoms with van der Waals surface area (Å²) in [6.45, 7) is 3.12. The number of carboxylic acids is 1. The highest BCUT2D eigenvalue weighted by Gasteiger charge is 2.28. The second kappa shape index (κ2) is 5.65. The smallest absolute Gasteiger partial charge is 0.307 e. The predicted octanol–water partition coefficient (Wildman–Crippen LogP) is 2.82. The summed E-state index contributed by atoms with van der Waals surface area (Å²) in [4.78, 5) is 13.0. The van der Waals surface area contributed by atoms with Gasteiger partial charge in [0.15, 0.2) is 11.6 Å². The lowest BCUT2D eigenvalue weighted by Gasteiger charge is -2.35. The summed E-state index contributed by atoms with van der Waals surface area (Å²) >= 11 is 0. The molecular weight excluding hydrogens is 252 g/mol. The Morgan fingerprint density at radius 1 is 1.42 bits per heavy atom. The van der Waals surface area contributed by atoms with Crippen molar-refractivity contribution in [1.82, 2.24) is 4.90 Å². The van der Waals surface area contributed by atoms with Crippen molar-refractivity contribution in [2.24, 2.45) is 5.92 Å².